The molecule has 0 aliphatic heterocycles. The van der Waals surface area contributed by atoms with Crippen LogP contribution in [0.1, 0.15) is 32.9 Å². The Balaban J connectivity index is 1.44. The van der Waals surface area contributed by atoms with E-state index in [2.05, 4.69) is 51.7 Å². The number of nitrogens with one attached hydrogen (secondary N) is 1. The number of rotatable bonds is 5. The Morgan fingerprint density at radius 1 is 0.939 bits per heavy atom. The smallest absolute Gasteiger partial charge is 0.257 e. The number of benzene rings is 2. The van der Waals surface area contributed by atoms with Gasteiger partial charge in [-0.25, -0.2) is 9.67 Å². The van der Waals surface area contributed by atoms with E-state index in [0.29, 0.717) is 23.6 Å². The molecule has 5 rings (SSSR count). The zero-order chi connectivity index (χ0) is 22.9. The van der Waals surface area contributed by atoms with Crippen LogP contribution in [0.25, 0.3) is 16.7 Å². The van der Waals surface area contributed by atoms with Crippen LogP contribution in [-0.2, 0) is 6.54 Å². The number of para-hydroxylation sites is 1. The minimum absolute atomic E-state index is 0.234. The van der Waals surface area contributed by atoms with Crippen molar-refractivity contribution in [3.05, 3.63) is 101 Å². The van der Waals surface area contributed by atoms with E-state index in [4.69, 9.17) is 0 Å². The third kappa shape index (κ3) is 4.13. The summed E-state index contributed by atoms with van der Waals surface area (Å²) in [4.78, 5) is 17.9. The zero-order valence-electron chi connectivity index (χ0n) is 18.8. The highest BCUT2D eigenvalue weighted by atomic mass is 16.1. The summed E-state index contributed by atoms with van der Waals surface area (Å²) in [5, 5.41) is 12.9. The quantitative estimate of drug-likeness (QED) is 0.428. The van der Waals surface area contributed by atoms with Crippen molar-refractivity contribution in [1.82, 2.24) is 24.5 Å². The molecule has 3 aromatic heterocycles. The molecule has 0 unspecified atom stereocenters. The molecule has 33 heavy (non-hydrogen) atoms. The van der Waals surface area contributed by atoms with E-state index in [0.717, 1.165) is 28.0 Å². The molecular weight excluding hydrogens is 412 g/mol. The Morgan fingerprint density at radius 2 is 1.70 bits per heavy atom. The minimum Gasteiger partial charge on any atom is -0.305 e. The van der Waals surface area contributed by atoms with Crippen molar-refractivity contribution in [2.75, 3.05) is 5.32 Å². The van der Waals surface area contributed by atoms with Crippen molar-refractivity contribution >= 4 is 22.8 Å². The summed E-state index contributed by atoms with van der Waals surface area (Å²) in [7, 11) is 0. The summed E-state index contributed by atoms with van der Waals surface area (Å²) < 4.78 is 3.59. The molecule has 0 radical (unpaired) electrons. The maximum Gasteiger partial charge on any atom is 0.257 e. The second-order valence-electron chi connectivity index (χ2n) is 8.18. The Labute approximate surface area is 191 Å². The van der Waals surface area contributed by atoms with E-state index in [9.17, 15) is 4.79 Å². The Bertz CT molecular complexity index is 1450. The van der Waals surface area contributed by atoms with Crippen LogP contribution in [-0.4, -0.2) is 30.5 Å². The Hall–Kier alpha value is -4.26. The van der Waals surface area contributed by atoms with Crippen molar-refractivity contribution in [1.29, 1.82) is 0 Å². The molecule has 0 saturated heterocycles. The number of aryl methyl sites for hydroxylation is 3. The van der Waals surface area contributed by atoms with Gasteiger partial charge < -0.3 is 5.32 Å². The molecule has 0 atom stereocenters. The first-order chi connectivity index (χ1) is 16.0. The number of hydrogen-bond acceptors (Lipinski definition) is 4. The van der Waals surface area contributed by atoms with Gasteiger partial charge in [0.05, 0.1) is 28.9 Å². The molecule has 0 saturated carbocycles. The molecule has 1 amide bonds. The van der Waals surface area contributed by atoms with Gasteiger partial charge in [-0.15, -0.1) is 0 Å². The lowest BCUT2D eigenvalue weighted by Crippen LogP contribution is -2.14. The van der Waals surface area contributed by atoms with Crippen molar-refractivity contribution < 1.29 is 4.79 Å². The number of carbonyl (C=O) groups excluding carboxylic acids is 1. The van der Waals surface area contributed by atoms with Crippen molar-refractivity contribution in [2.24, 2.45) is 0 Å². The van der Waals surface area contributed by atoms with Crippen molar-refractivity contribution in [3.63, 3.8) is 0 Å². The molecule has 0 spiro atoms. The second kappa shape index (κ2) is 8.35. The van der Waals surface area contributed by atoms with Gasteiger partial charge in [0, 0.05) is 18.0 Å². The van der Waals surface area contributed by atoms with Crippen LogP contribution in [0.2, 0.25) is 0 Å². The number of hydrogen-bond donors (Lipinski definition) is 1. The summed E-state index contributed by atoms with van der Waals surface area (Å²) in [6.45, 7) is 6.47. The molecule has 0 bridgehead atoms. The molecule has 7 heteroatoms. The first-order valence-corrected chi connectivity index (χ1v) is 10.8. The molecule has 2 aromatic carbocycles. The molecule has 7 nitrogen and oxygen atoms in total. The van der Waals surface area contributed by atoms with Gasteiger partial charge in [0.25, 0.3) is 5.91 Å². The maximum atomic E-state index is 13.3. The summed E-state index contributed by atoms with van der Waals surface area (Å²) >= 11 is 0. The van der Waals surface area contributed by atoms with Gasteiger partial charge in [0.2, 0.25) is 0 Å². The fourth-order valence-electron chi connectivity index (χ4n) is 3.92. The SMILES string of the molecule is Cc1ccc(Cn2ccc(NC(=O)c3cc(C)nc4c3c(C)nn4-c3ccccc3)n2)cc1. The topological polar surface area (TPSA) is 77.6 Å². The van der Waals surface area contributed by atoms with Crippen LogP contribution in [0.15, 0.2) is 72.9 Å². The van der Waals surface area contributed by atoms with Gasteiger partial charge in [-0.2, -0.15) is 10.2 Å². The Morgan fingerprint density at radius 3 is 2.45 bits per heavy atom. The highest BCUT2D eigenvalue weighted by Crippen LogP contribution is 2.25. The summed E-state index contributed by atoms with van der Waals surface area (Å²) in [6, 6.07) is 21.7. The van der Waals surface area contributed by atoms with Crippen LogP contribution in [0.3, 0.4) is 0 Å². The number of anilines is 1. The number of carbonyl (C=O) groups is 1. The minimum atomic E-state index is -0.234. The van der Waals surface area contributed by atoms with Gasteiger partial charge in [-0.1, -0.05) is 48.0 Å². The number of pyridine rings is 1. The number of amides is 1. The molecule has 0 fully saturated rings. The molecule has 164 valence electrons. The average Bonchev–Trinajstić information content (AvgIpc) is 3.39. The predicted molar refractivity (Wildman–Crippen MR) is 129 cm³/mol. The highest BCUT2D eigenvalue weighted by Gasteiger charge is 2.20. The van der Waals surface area contributed by atoms with E-state index in [1.165, 1.54) is 5.56 Å². The molecule has 0 aliphatic carbocycles. The molecule has 1 N–H and O–H groups in total. The van der Waals surface area contributed by atoms with E-state index in [-0.39, 0.29) is 5.91 Å². The normalized spacial score (nSPS) is 11.1. The van der Waals surface area contributed by atoms with Crippen LogP contribution < -0.4 is 5.32 Å². The summed E-state index contributed by atoms with van der Waals surface area (Å²) in [5.41, 5.74) is 5.95. The second-order valence-corrected chi connectivity index (χ2v) is 8.18. The van der Waals surface area contributed by atoms with Crippen LogP contribution in [0, 0.1) is 20.8 Å². The van der Waals surface area contributed by atoms with E-state index >= 15 is 0 Å². The van der Waals surface area contributed by atoms with E-state index < -0.39 is 0 Å². The number of fused-ring (bicyclic) bond motifs is 1. The van der Waals surface area contributed by atoms with E-state index in [1.807, 2.05) is 55.1 Å². The molecule has 3 heterocycles. The molecule has 0 aliphatic rings. The first-order valence-electron chi connectivity index (χ1n) is 10.8. The fraction of sp³-hybridized carbons (Fsp3) is 0.154. The van der Waals surface area contributed by atoms with E-state index in [1.54, 1.807) is 16.8 Å². The molecule has 5 aromatic rings. The summed E-state index contributed by atoms with van der Waals surface area (Å²) in [5.74, 6) is 0.268. The fourth-order valence-corrected chi connectivity index (χ4v) is 3.92. The van der Waals surface area contributed by atoms with Gasteiger partial charge in [0.1, 0.15) is 0 Å². The predicted octanol–water partition coefficient (Wildman–Crippen LogP) is 4.84. The van der Waals surface area contributed by atoms with Crippen LogP contribution in [0.4, 0.5) is 5.82 Å². The van der Waals surface area contributed by atoms with Crippen molar-refractivity contribution in [2.45, 2.75) is 27.3 Å². The van der Waals surface area contributed by atoms with Gasteiger partial charge >= 0.3 is 0 Å². The monoisotopic (exact) mass is 436 g/mol. The number of aromatic nitrogens is 5. The van der Waals surface area contributed by atoms with Crippen LogP contribution in [0.5, 0.6) is 0 Å². The standard InChI is InChI=1S/C26H24N6O/c1-17-9-11-20(12-10-17)16-31-14-13-23(30-31)28-26(33)22-15-18(2)27-25-24(22)19(3)29-32(25)21-7-5-4-6-8-21/h4-15H,16H2,1-3H3,(H,28,30,33). The largest absolute Gasteiger partial charge is 0.305 e. The number of nitrogens with zero attached hydrogens (tertiary/aromatic N) is 5. The highest BCUT2D eigenvalue weighted by molar-refractivity contribution is 6.12. The van der Waals surface area contributed by atoms with Crippen LogP contribution >= 0.6 is 0 Å². The molecular formula is C26H24N6O. The zero-order valence-corrected chi connectivity index (χ0v) is 18.8. The summed E-state index contributed by atoms with van der Waals surface area (Å²) in [6.07, 6.45) is 1.86. The lowest BCUT2D eigenvalue weighted by atomic mass is 10.1. The van der Waals surface area contributed by atoms with Gasteiger partial charge in [-0.3, -0.25) is 9.48 Å². The van der Waals surface area contributed by atoms with Gasteiger partial charge in [0.15, 0.2) is 11.5 Å². The lowest BCUT2D eigenvalue weighted by molar-refractivity contribution is 0.102. The average molecular weight is 437 g/mol. The van der Waals surface area contributed by atoms with Crippen molar-refractivity contribution in [3.8, 4) is 5.69 Å². The van der Waals surface area contributed by atoms with Gasteiger partial charge in [-0.05, 0) is 44.5 Å². The maximum absolute atomic E-state index is 13.3. The third-order valence-electron chi connectivity index (χ3n) is 5.53. The Kier molecular flexibility index (Phi) is 5.22. The first kappa shape index (κ1) is 20.6. The lowest BCUT2D eigenvalue weighted by Gasteiger charge is -2.07. The third-order valence-corrected chi connectivity index (χ3v) is 5.53.